The van der Waals surface area contributed by atoms with Gasteiger partial charge < -0.3 is 4.90 Å². The third-order valence-electron chi connectivity index (χ3n) is 18.2. The molecule has 0 aliphatic heterocycles. The summed E-state index contributed by atoms with van der Waals surface area (Å²) in [6.45, 7) is 0. The van der Waals surface area contributed by atoms with Gasteiger partial charge in [0.15, 0.2) is 0 Å². The number of nitrogens with zero attached hydrogens (tertiary/aromatic N) is 1. The first-order chi connectivity index (χ1) is 37.7. The van der Waals surface area contributed by atoms with E-state index in [0.717, 1.165) is 5.69 Å². The minimum Gasteiger partial charge on any atom is -0.309 e. The lowest BCUT2D eigenvalue weighted by Crippen LogP contribution is -2.35. The third kappa shape index (κ3) is 5.96. The zero-order valence-corrected chi connectivity index (χ0v) is 43.0. The highest BCUT2D eigenvalue weighted by molar-refractivity contribution is 7.25. The lowest BCUT2D eigenvalue weighted by molar-refractivity contribution is 0.265. The van der Waals surface area contributed by atoms with Crippen LogP contribution in [0, 0.1) is 5.92 Å². The van der Waals surface area contributed by atoms with E-state index >= 15 is 0 Å². The van der Waals surface area contributed by atoms with Crippen LogP contribution < -0.4 is 4.90 Å². The molecule has 0 amide bonds. The van der Waals surface area contributed by atoms with Crippen LogP contribution >= 0.6 is 11.3 Å². The van der Waals surface area contributed by atoms with Crippen molar-refractivity contribution in [2.45, 2.75) is 42.4 Å². The molecule has 1 saturated carbocycles. The maximum Gasteiger partial charge on any atom is 0.0726 e. The van der Waals surface area contributed by atoms with E-state index in [2.05, 4.69) is 266 Å². The predicted octanol–water partition coefficient (Wildman–Crippen LogP) is 19.8. The molecule has 2 heteroatoms. The van der Waals surface area contributed by atoms with Crippen LogP contribution in [0.2, 0.25) is 0 Å². The Morgan fingerprint density at radius 2 is 0.842 bits per heavy atom. The monoisotopic (exact) mass is 987 g/mol. The van der Waals surface area contributed by atoms with Crippen molar-refractivity contribution in [2.75, 3.05) is 4.90 Å². The number of hydrogen-bond donors (Lipinski definition) is 0. The lowest BCUT2D eigenvalue weighted by atomic mass is 9.63. The molecule has 76 heavy (non-hydrogen) atoms. The number of rotatable bonds is 7. The SMILES string of the molecule is c1ccc(-c2ccccc2C2(c3ccccc3-c3ccccc3)c3ccccc3-c3c(N(c4ccc5sc6ccccc6c5c4)c4cccc5c4-c4ccccc4C54c5ccccc5C5CCCCC54)cccc32)cc1. The summed E-state index contributed by atoms with van der Waals surface area (Å²) in [6.07, 6.45) is 5.04. The quantitative estimate of drug-likeness (QED) is 0.154. The minimum atomic E-state index is -0.723. The van der Waals surface area contributed by atoms with Crippen molar-refractivity contribution in [2.24, 2.45) is 5.92 Å². The van der Waals surface area contributed by atoms with Crippen molar-refractivity contribution >= 4 is 48.6 Å². The molecule has 0 saturated heterocycles. The summed E-state index contributed by atoms with van der Waals surface area (Å²) in [6, 6.07) is 99.7. The summed E-state index contributed by atoms with van der Waals surface area (Å²) in [7, 11) is 0. The molecule has 0 bridgehead atoms. The van der Waals surface area contributed by atoms with Crippen molar-refractivity contribution in [1.82, 2.24) is 0 Å². The van der Waals surface area contributed by atoms with Gasteiger partial charge in [-0.15, -0.1) is 11.3 Å². The van der Waals surface area contributed by atoms with Crippen molar-refractivity contribution in [3.8, 4) is 44.5 Å². The van der Waals surface area contributed by atoms with E-state index in [0.29, 0.717) is 11.8 Å². The fraction of sp³-hybridized carbons (Fsp3) is 0.108. The largest absolute Gasteiger partial charge is 0.309 e. The minimum absolute atomic E-state index is 0.245. The molecule has 1 aromatic heterocycles. The van der Waals surface area contributed by atoms with E-state index in [1.807, 2.05) is 11.3 Å². The van der Waals surface area contributed by atoms with Crippen LogP contribution in [0.15, 0.2) is 261 Å². The second kappa shape index (κ2) is 17.0. The normalized spacial score (nSPS) is 18.2. The molecule has 4 aliphatic rings. The number of thiophene rings is 1. The van der Waals surface area contributed by atoms with Crippen LogP contribution in [-0.2, 0) is 10.8 Å². The van der Waals surface area contributed by atoms with Crippen LogP contribution in [0.3, 0.4) is 0 Å². The van der Waals surface area contributed by atoms with Gasteiger partial charge in [0.2, 0.25) is 0 Å². The molecular formula is C74H53NS. The topological polar surface area (TPSA) is 3.24 Å². The molecule has 0 radical (unpaired) electrons. The Bertz CT molecular complexity index is 4200. The highest BCUT2D eigenvalue weighted by Gasteiger charge is 2.59. The molecule has 16 rings (SSSR count). The molecule has 11 aromatic carbocycles. The highest BCUT2D eigenvalue weighted by Crippen LogP contribution is 2.69. The smallest absolute Gasteiger partial charge is 0.0726 e. The average Bonchev–Trinajstić information content (AvgIpc) is 4.30. The van der Waals surface area contributed by atoms with Gasteiger partial charge in [-0.3, -0.25) is 0 Å². The van der Waals surface area contributed by atoms with Crippen molar-refractivity contribution in [3.05, 3.63) is 305 Å². The summed E-state index contributed by atoms with van der Waals surface area (Å²) >= 11 is 1.89. The van der Waals surface area contributed by atoms with E-state index in [4.69, 9.17) is 0 Å². The van der Waals surface area contributed by atoms with Crippen LogP contribution in [-0.4, -0.2) is 0 Å². The Morgan fingerprint density at radius 1 is 0.355 bits per heavy atom. The zero-order valence-electron chi connectivity index (χ0n) is 42.2. The second-order valence-electron chi connectivity index (χ2n) is 21.6. The summed E-state index contributed by atoms with van der Waals surface area (Å²) < 4.78 is 2.61. The molecule has 360 valence electrons. The van der Waals surface area contributed by atoms with Crippen molar-refractivity contribution in [1.29, 1.82) is 0 Å². The van der Waals surface area contributed by atoms with E-state index < -0.39 is 5.41 Å². The number of fused-ring (bicyclic) bond motifs is 16. The second-order valence-corrected chi connectivity index (χ2v) is 22.7. The highest BCUT2D eigenvalue weighted by atomic mass is 32.1. The van der Waals surface area contributed by atoms with Crippen LogP contribution in [0.1, 0.15) is 76.1 Å². The van der Waals surface area contributed by atoms with Gasteiger partial charge in [0.05, 0.1) is 22.2 Å². The Morgan fingerprint density at radius 3 is 1.53 bits per heavy atom. The zero-order chi connectivity index (χ0) is 50.0. The molecule has 3 atom stereocenters. The van der Waals surface area contributed by atoms with Gasteiger partial charge in [-0.2, -0.15) is 0 Å². The van der Waals surface area contributed by atoms with Gasteiger partial charge in [-0.25, -0.2) is 0 Å². The average molecular weight is 988 g/mol. The molecular weight excluding hydrogens is 935 g/mol. The predicted molar refractivity (Wildman–Crippen MR) is 319 cm³/mol. The van der Waals surface area contributed by atoms with Gasteiger partial charge in [0.1, 0.15) is 0 Å². The molecule has 0 N–H and O–H groups in total. The van der Waals surface area contributed by atoms with Crippen molar-refractivity contribution < 1.29 is 0 Å². The molecule has 1 nitrogen and oxygen atoms in total. The van der Waals surface area contributed by atoms with Gasteiger partial charge >= 0.3 is 0 Å². The standard InChI is InChI=1S/C74H53NS/c1-3-23-48(24-4-1)51-27-7-14-34-59(51)73(60-35-15-8-28-52(60)49-25-5-2-6-26-49)63-38-18-11-32-56(63)71-65(73)40-21-42-67(71)75(50-45-46-70-58(47-50)55-31-13-20-44-69(55)76-70)68-43-22-41-66-72(68)57-33-12-19-39-64(57)74(66)61-36-16-9-29-53(61)54-30-10-17-37-62(54)74/h1-9,11-16,18-29,31-36,38-47,54,62H,10,17,30,37H2. The van der Waals surface area contributed by atoms with Gasteiger partial charge in [0, 0.05) is 37.0 Å². The number of hydrogen-bond acceptors (Lipinski definition) is 2. The maximum absolute atomic E-state index is 2.68. The first kappa shape index (κ1) is 43.8. The Kier molecular flexibility index (Phi) is 9.79. The van der Waals surface area contributed by atoms with Crippen molar-refractivity contribution in [3.63, 3.8) is 0 Å². The van der Waals surface area contributed by atoms with E-state index in [9.17, 15) is 0 Å². The van der Waals surface area contributed by atoms with E-state index in [1.54, 1.807) is 5.56 Å². The lowest BCUT2D eigenvalue weighted by Gasteiger charge is -2.40. The van der Waals surface area contributed by atoms with Crippen LogP contribution in [0.5, 0.6) is 0 Å². The third-order valence-corrected chi connectivity index (χ3v) is 19.3. The number of anilines is 3. The maximum atomic E-state index is 2.68. The Balaban J connectivity index is 1.04. The summed E-state index contributed by atoms with van der Waals surface area (Å²) in [5.41, 5.74) is 23.8. The van der Waals surface area contributed by atoms with Gasteiger partial charge in [0.25, 0.3) is 0 Å². The summed E-state index contributed by atoms with van der Waals surface area (Å²) in [4.78, 5) is 2.68. The van der Waals surface area contributed by atoms with Crippen LogP contribution in [0.25, 0.3) is 64.7 Å². The van der Waals surface area contributed by atoms with Gasteiger partial charge in [-0.1, -0.05) is 237 Å². The Labute approximate surface area is 449 Å². The molecule has 1 fully saturated rings. The van der Waals surface area contributed by atoms with Crippen LogP contribution in [0.4, 0.5) is 17.1 Å². The fourth-order valence-electron chi connectivity index (χ4n) is 15.5. The van der Waals surface area contributed by atoms with E-state index in [-0.39, 0.29) is 5.41 Å². The summed E-state index contributed by atoms with van der Waals surface area (Å²) in [5, 5.41) is 2.59. The molecule has 3 unspecified atom stereocenters. The summed E-state index contributed by atoms with van der Waals surface area (Å²) in [5.74, 6) is 1.03. The molecule has 4 aliphatic carbocycles. The molecule has 12 aromatic rings. The molecule has 1 heterocycles. The number of benzene rings is 11. The first-order valence-corrected chi connectivity index (χ1v) is 28.1. The fourth-order valence-corrected chi connectivity index (χ4v) is 16.5. The Hall–Kier alpha value is -8.56. The first-order valence-electron chi connectivity index (χ1n) is 27.3. The van der Waals surface area contributed by atoms with E-state index in [1.165, 1.54) is 141 Å². The molecule has 1 spiro atoms. The van der Waals surface area contributed by atoms with Gasteiger partial charge in [-0.05, 0) is 139 Å².